The lowest BCUT2D eigenvalue weighted by Gasteiger charge is -2.29. The van der Waals surface area contributed by atoms with Gasteiger partial charge < -0.3 is 50.5 Å². The summed E-state index contributed by atoms with van der Waals surface area (Å²) in [5.41, 5.74) is 10.5. The fourth-order valence-corrected chi connectivity index (χ4v) is 7.02. The molecule has 0 radical (unpaired) electrons. The van der Waals surface area contributed by atoms with Crippen molar-refractivity contribution < 1.29 is 38.9 Å². The van der Waals surface area contributed by atoms with E-state index in [1.807, 2.05) is 48.5 Å². The third-order valence-corrected chi connectivity index (χ3v) is 9.75. The summed E-state index contributed by atoms with van der Waals surface area (Å²) in [5.74, 6) is 0.306. The molecule has 2 aliphatic rings. The number of hydrogen-bond acceptors (Lipinski definition) is 10. The van der Waals surface area contributed by atoms with Crippen LogP contribution in [0.25, 0.3) is 33.6 Å². The summed E-state index contributed by atoms with van der Waals surface area (Å²) in [4.78, 5) is 68.7. The molecular weight excluding hydrogens is 684 g/mol. The Bertz CT molecular complexity index is 1920. The number of H-pyrrole nitrogens is 2. The number of carbonyl (C=O) groups is 4. The van der Waals surface area contributed by atoms with Gasteiger partial charge in [-0.15, -0.1) is 0 Å². The largest absolute Gasteiger partial charge is 0.453 e. The molecule has 2 aromatic heterocycles. The highest BCUT2D eigenvalue weighted by atomic mass is 16.6. The van der Waals surface area contributed by atoms with E-state index >= 15 is 0 Å². The number of rotatable bonds is 11. The zero-order chi connectivity index (χ0) is 37.8. The third-order valence-electron chi connectivity index (χ3n) is 9.75. The second-order valence-corrected chi connectivity index (χ2v) is 13.4. The SMILES string of the molecule is COC(=O)N[C@H](C(=O)N1CCC[C@H]1c1ncc(-c2ccc(-c3ccc(-c4cnc([C@@H]5CCCN5C(=O)[C@@H](OC(N)=O)[C@H](C)O)[nH]4)cc3)cc2)[nH]1)[C@@H](C)O. The minimum atomic E-state index is -1.39. The number of aliphatic hydroxyl groups excluding tert-OH is 2. The molecule has 0 unspecified atom stereocenters. The Balaban J connectivity index is 1.11. The highest BCUT2D eigenvalue weighted by molar-refractivity contribution is 5.87. The third kappa shape index (κ3) is 8.03. The predicted molar refractivity (Wildman–Crippen MR) is 192 cm³/mol. The number of nitrogens with two attached hydrogens (primary N) is 1. The van der Waals surface area contributed by atoms with E-state index in [1.54, 1.807) is 22.2 Å². The van der Waals surface area contributed by atoms with Gasteiger partial charge in [0.15, 0.2) is 0 Å². The number of ether oxygens (including phenoxy) is 2. The van der Waals surface area contributed by atoms with E-state index in [1.165, 1.54) is 21.0 Å². The molecule has 2 saturated heterocycles. The summed E-state index contributed by atoms with van der Waals surface area (Å²) in [5, 5.41) is 22.7. The average Bonchev–Trinajstić information content (AvgIpc) is 3.98. The van der Waals surface area contributed by atoms with E-state index in [0.717, 1.165) is 46.5 Å². The number of carbonyl (C=O) groups excluding carboxylic acids is 4. The van der Waals surface area contributed by atoms with Crippen LogP contribution in [-0.4, -0.2) is 109 Å². The van der Waals surface area contributed by atoms with Crippen LogP contribution in [0.4, 0.5) is 9.59 Å². The molecule has 0 spiro atoms. The highest BCUT2D eigenvalue weighted by Gasteiger charge is 2.40. The van der Waals surface area contributed by atoms with Crippen molar-refractivity contribution in [2.75, 3.05) is 20.2 Å². The molecule has 2 aliphatic heterocycles. The van der Waals surface area contributed by atoms with E-state index in [0.29, 0.717) is 37.6 Å². The predicted octanol–water partition coefficient (Wildman–Crippen LogP) is 3.41. The summed E-state index contributed by atoms with van der Waals surface area (Å²) < 4.78 is 9.54. The molecular formula is C37H44N8O8. The van der Waals surface area contributed by atoms with Crippen molar-refractivity contribution in [3.8, 4) is 33.6 Å². The molecule has 2 fully saturated rings. The van der Waals surface area contributed by atoms with Crippen LogP contribution in [0.2, 0.25) is 0 Å². The van der Waals surface area contributed by atoms with Crippen LogP contribution in [0.1, 0.15) is 63.3 Å². The van der Waals surface area contributed by atoms with Gasteiger partial charge in [-0.3, -0.25) is 9.59 Å². The normalized spacial score (nSPS) is 19.3. The van der Waals surface area contributed by atoms with Gasteiger partial charge in [-0.1, -0.05) is 48.5 Å². The molecule has 4 amide bonds. The van der Waals surface area contributed by atoms with Gasteiger partial charge >= 0.3 is 12.2 Å². The number of aromatic nitrogens is 4. The molecule has 53 heavy (non-hydrogen) atoms. The quantitative estimate of drug-likeness (QED) is 0.132. The van der Waals surface area contributed by atoms with Gasteiger partial charge in [-0.05, 0) is 61.8 Å². The van der Waals surface area contributed by atoms with Crippen molar-refractivity contribution in [1.29, 1.82) is 0 Å². The molecule has 16 nitrogen and oxygen atoms in total. The summed E-state index contributed by atoms with van der Waals surface area (Å²) in [7, 11) is 1.20. The Morgan fingerprint density at radius 2 is 1.23 bits per heavy atom. The Labute approximate surface area is 305 Å². The maximum absolute atomic E-state index is 13.3. The van der Waals surface area contributed by atoms with Crippen LogP contribution in [0.5, 0.6) is 0 Å². The van der Waals surface area contributed by atoms with Gasteiger partial charge in [0.05, 0.1) is 55.2 Å². The maximum Gasteiger partial charge on any atom is 0.407 e. The molecule has 16 heteroatoms. The van der Waals surface area contributed by atoms with Crippen molar-refractivity contribution in [3.05, 3.63) is 72.6 Å². The Hall–Kier alpha value is -5.74. The van der Waals surface area contributed by atoms with E-state index in [4.69, 9.17) is 10.5 Å². The minimum absolute atomic E-state index is 0.328. The van der Waals surface area contributed by atoms with Crippen molar-refractivity contribution in [2.45, 2.75) is 76.0 Å². The van der Waals surface area contributed by atoms with Crippen LogP contribution in [0, 0.1) is 0 Å². The monoisotopic (exact) mass is 728 g/mol. The van der Waals surface area contributed by atoms with E-state index < -0.39 is 48.4 Å². The van der Waals surface area contributed by atoms with Gasteiger partial charge in [0, 0.05) is 13.1 Å². The molecule has 6 rings (SSSR count). The second kappa shape index (κ2) is 15.9. The van der Waals surface area contributed by atoms with E-state index in [-0.39, 0.29) is 12.1 Å². The minimum Gasteiger partial charge on any atom is -0.453 e. The Morgan fingerprint density at radius 1 is 0.774 bits per heavy atom. The van der Waals surface area contributed by atoms with Gasteiger partial charge in [-0.2, -0.15) is 0 Å². The summed E-state index contributed by atoms with van der Waals surface area (Å²) >= 11 is 0. The van der Waals surface area contributed by atoms with Gasteiger partial charge in [0.1, 0.15) is 17.7 Å². The number of nitrogens with one attached hydrogen (secondary N) is 3. The number of nitrogens with zero attached hydrogens (tertiary/aromatic N) is 4. The molecule has 4 aromatic rings. The molecule has 2 aromatic carbocycles. The van der Waals surface area contributed by atoms with Crippen LogP contribution >= 0.6 is 0 Å². The summed E-state index contributed by atoms with van der Waals surface area (Å²) in [6.45, 7) is 3.73. The molecule has 4 heterocycles. The first-order valence-electron chi connectivity index (χ1n) is 17.5. The van der Waals surface area contributed by atoms with Gasteiger partial charge in [0.2, 0.25) is 12.0 Å². The van der Waals surface area contributed by atoms with Crippen LogP contribution < -0.4 is 11.1 Å². The molecule has 0 saturated carbocycles. The van der Waals surface area contributed by atoms with E-state index in [2.05, 4.69) is 30.0 Å². The number of primary amides is 1. The number of likely N-dealkylation sites (tertiary alicyclic amines) is 2. The molecule has 7 N–H and O–H groups in total. The summed E-state index contributed by atoms with van der Waals surface area (Å²) in [6, 6.07) is 14.2. The first kappa shape index (κ1) is 37.0. The van der Waals surface area contributed by atoms with Crippen molar-refractivity contribution in [2.24, 2.45) is 5.73 Å². The standard InChI is InChI=1S/C37H44N8O8/c1-20(46)30(43-37(51)52-3)34(48)44-16-4-6-28(44)32-39-18-26(41-32)24-12-8-22(9-13-24)23-10-14-25(15-11-23)27-19-40-33(42-27)29-7-5-17-45(29)35(49)31(21(2)47)53-36(38)50/h8-15,18-21,28-31,46-47H,4-7,16-17H2,1-3H3,(H2,38,50)(H,39,41)(H,40,42)(H,43,51)/t20-,21+,28+,29+,30+,31+/m1/s1. The zero-order valence-electron chi connectivity index (χ0n) is 29.7. The maximum atomic E-state index is 13.3. The number of imidazole rings is 2. The first-order valence-corrected chi connectivity index (χ1v) is 17.5. The topological polar surface area (TPSA) is 229 Å². The van der Waals surface area contributed by atoms with Crippen molar-refractivity contribution >= 4 is 24.0 Å². The number of aliphatic hydroxyl groups is 2. The number of methoxy groups -OCH3 is 1. The Morgan fingerprint density at radius 3 is 1.64 bits per heavy atom. The molecule has 6 atom stereocenters. The fourth-order valence-electron chi connectivity index (χ4n) is 7.02. The van der Waals surface area contributed by atoms with Crippen molar-refractivity contribution in [3.63, 3.8) is 0 Å². The van der Waals surface area contributed by atoms with Gasteiger partial charge in [-0.25, -0.2) is 19.6 Å². The first-order chi connectivity index (χ1) is 25.4. The number of benzene rings is 2. The second-order valence-electron chi connectivity index (χ2n) is 13.4. The van der Waals surface area contributed by atoms with Crippen LogP contribution in [0.3, 0.4) is 0 Å². The summed E-state index contributed by atoms with van der Waals surface area (Å²) in [6.07, 6.45) is 0.642. The van der Waals surface area contributed by atoms with Crippen LogP contribution in [0.15, 0.2) is 60.9 Å². The van der Waals surface area contributed by atoms with E-state index in [9.17, 15) is 29.4 Å². The lowest BCUT2D eigenvalue weighted by molar-refractivity contribution is -0.146. The molecule has 0 aliphatic carbocycles. The number of amides is 4. The Kier molecular flexibility index (Phi) is 11.1. The lowest BCUT2D eigenvalue weighted by Crippen LogP contribution is -2.53. The van der Waals surface area contributed by atoms with Gasteiger partial charge in [0.25, 0.3) is 5.91 Å². The average molecular weight is 729 g/mol. The highest BCUT2D eigenvalue weighted by Crippen LogP contribution is 2.35. The zero-order valence-corrected chi connectivity index (χ0v) is 29.7. The fraction of sp³-hybridized carbons (Fsp3) is 0.405. The smallest absolute Gasteiger partial charge is 0.407 e. The molecule has 0 bridgehead atoms. The lowest BCUT2D eigenvalue weighted by atomic mass is 10.0. The number of hydrogen-bond donors (Lipinski definition) is 6. The number of aromatic amines is 2. The van der Waals surface area contributed by atoms with Crippen molar-refractivity contribution in [1.82, 2.24) is 35.1 Å². The molecule has 280 valence electrons. The van der Waals surface area contributed by atoms with Crippen LogP contribution in [-0.2, 0) is 19.1 Å². The number of alkyl carbamates (subject to hydrolysis) is 1.